The molecule has 8 heteroatoms. The molecule has 1 aromatic heterocycles. The van der Waals surface area contributed by atoms with Gasteiger partial charge in [0, 0.05) is 13.0 Å². The van der Waals surface area contributed by atoms with Gasteiger partial charge in [0.15, 0.2) is 9.84 Å². The van der Waals surface area contributed by atoms with Crippen LogP contribution in [0.3, 0.4) is 0 Å². The van der Waals surface area contributed by atoms with Crippen molar-refractivity contribution in [3.8, 4) is 0 Å². The summed E-state index contributed by atoms with van der Waals surface area (Å²) in [5, 5.41) is 15.1. The largest absolute Gasteiger partial charge is 0.294 e. The predicted molar refractivity (Wildman–Crippen MR) is 144 cm³/mol. The zero-order valence-corrected chi connectivity index (χ0v) is 21.9. The van der Waals surface area contributed by atoms with Crippen molar-refractivity contribution in [2.45, 2.75) is 47.0 Å². The lowest BCUT2D eigenvalue weighted by Crippen LogP contribution is -2.13. The summed E-state index contributed by atoms with van der Waals surface area (Å²) >= 11 is 7.87. The lowest BCUT2D eigenvalue weighted by atomic mass is 10.2. The number of sulfone groups is 1. The number of thiophene rings is 1. The van der Waals surface area contributed by atoms with Crippen LogP contribution in [0.1, 0.15) is 51.8 Å². The van der Waals surface area contributed by atoms with Gasteiger partial charge in [-0.2, -0.15) is 5.10 Å². The van der Waals surface area contributed by atoms with E-state index in [-0.39, 0.29) is 5.04 Å². The lowest BCUT2D eigenvalue weighted by molar-refractivity contribution is 0.611. The summed E-state index contributed by atoms with van der Waals surface area (Å²) in [7, 11) is -3.17. The number of para-hydroxylation sites is 1. The average Bonchev–Trinajstić information content (AvgIpc) is 3.31. The topological polar surface area (TPSA) is 73.6 Å². The van der Waals surface area contributed by atoms with Gasteiger partial charge in [-0.05, 0) is 49.8 Å². The first kappa shape index (κ1) is 29.8. The Balaban J connectivity index is 0.000000571. The fourth-order valence-electron chi connectivity index (χ4n) is 2.21. The second-order valence-electron chi connectivity index (χ2n) is 6.56. The SMILES string of the molecule is C=C(CC)CC.C=NN(/C(=C\C)c1cccs1)c1ccccc1Cl.CCC(=N)S(C)(=O)=O. The van der Waals surface area contributed by atoms with E-state index < -0.39 is 9.84 Å². The van der Waals surface area contributed by atoms with E-state index in [0.29, 0.717) is 11.4 Å². The Kier molecular flexibility index (Phi) is 14.5. The minimum atomic E-state index is -3.17. The fraction of sp³-hybridized carbons (Fsp3) is 0.333. The minimum absolute atomic E-state index is 0.197. The van der Waals surface area contributed by atoms with Crippen molar-refractivity contribution in [2.75, 3.05) is 11.3 Å². The molecule has 1 N–H and O–H groups in total. The highest BCUT2D eigenvalue weighted by Crippen LogP contribution is 2.33. The second-order valence-corrected chi connectivity index (χ2v) is 9.95. The number of nitrogens with one attached hydrogen (secondary N) is 1. The van der Waals surface area contributed by atoms with E-state index in [9.17, 15) is 8.42 Å². The van der Waals surface area contributed by atoms with Crippen molar-refractivity contribution >= 4 is 55.9 Å². The van der Waals surface area contributed by atoms with E-state index >= 15 is 0 Å². The molecule has 0 amide bonds. The van der Waals surface area contributed by atoms with Gasteiger partial charge in [-0.25, -0.2) is 13.4 Å². The number of allylic oxidation sites excluding steroid dienone is 2. The average molecular weight is 496 g/mol. The number of anilines is 1. The van der Waals surface area contributed by atoms with E-state index in [1.807, 2.05) is 48.7 Å². The van der Waals surface area contributed by atoms with Crippen LogP contribution >= 0.6 is 22.9 Å². The highest BCUT2D eigenvalue weighted by Gasteiger charge is 2.15. The van der Waals surface area contributed by atoms with E-state index in [0.717, 1.165) is 35.4 Å². The van der Waals surface area contributed by atoms with Crippen LogP contribution in [0.15, 0.2) is 65.1 Å². The van der Waals surface area contributed by atoms with Gasteiger partial charge in [0.1, 0.15) is 5.04 Å². The van der Waals surface area contributed by atoms with Gasteiger partial charge in [0.2, 0.25) is 0 Å². The number of hydrogen-bond acceptors (Lipinski definition) is 6. The number of benzene rings is 1. The summed E-state index contributed by atoms with van der Waals surface area (Å²) in [5.74, 6) is 0. The Morgan fingerprint density at radius 2 is 1.75 bits per heavy atom. The van der Waals surface area contributed by atoms with Gasteiger partial charge in [0.05, 0.1) is 21.3 Å². The maximum Gasteiger partial charge on any atom is 0.188 e. The van der Waals surface area contributed by atoms with Gasteiger partial charge in [0.25, 0.3) is 0 Å². The van der Waals surface area contributed by atoms with E-state index in [1.165, 1.54) is 5.57 Å². The highest BCUT2D eigenvalue weighted by molar-refractivity contribution is 8.05. The zero-order valence-electron chi connectivity index (χ0n) is 19.6. The number of hydrazone groups is 1. The molecule has 32 heavy (non-hydrogen) atoms. The second kappa shape index (κ2) is 15.6. The van der Waals surface area contributed by atoms with E-state index in [2.05, 4.69) is 38.3 Å². The number of rotatable bonds is 7. The molecule has 0 aliphatic rings. The normalized spacial score (nSPS) is 10.8. The molecule has 0 aliphatic carbocycles. The van der Waals surface area contributed by atoms with Gasteiger partial charge in [-0.15, -0.1) is 11.3 Å². The van der Waals surface area contributed by atoms with Crippen molar-refractivity contribution < 1.29 is 8.42 Å². The minimum Gasteiger partial charge on any atom is -0.294 e. The third kappa shape index (κ3) is 10.4. The molecule has 1 heterocycles. The molecule has 2 aromatic rings. The summed E-state index contributed by atoms with van der Waals surface area (Å²) < 4.78 is 20.7. The lowest BCUT2D eigenvalue weighted by Gasteiger charge is -2.21. The third-order valence-electron chi connectivity index (χ3n) is 4.27. The van der Waals surface area contributed by atoms with Crippen LogP contribution in [0.5, 0.6) is 0 Å². The van der Waals surface area contributed by atoms with Gasteiger partial charge in [-0.1, -0.05) is 68.8 Å². The molecule has 2 rings (SSSR count). The Bertz CT molecular complexity index is 992. The highest BCUT2D eigenvalue weighted by atomic mass is 35.5. The Morgan fingerprint density at radius 1 is 1.16 bits per heavy atom. The van der Waals surface area contributed by atoms with Crippen LogP contribution in [0, 0.1) is 5.41 Å². The quantitative estimate of drug-likeness (QED) is 0.185. The van der Waals surface area contributed by atoms with Crippen molar-refractivity contribution in [3.05, 3.63) is 69.9 Å². The zero-order chi connectivity index (χ0) is 24.7. The van der Waals surface area contributed by atoms with E-state index in [4.69, 9.17) is 17.0 Å². The Hall–Kier alpha value is -2.22. The molecule has 0 bridgehead atoms. The molecule has 0 saturated carbocycles. The van der Waals surface area contributed by atoms with Crippen molar-refractivity contribution in [2.24, 2.45) is 5.10 Å². The Morgan fingerprint density at radius 3 is 2.06 bits per heavy atom. The first-order valence-electron chi connectivity index (χ1n) is 10.2. The first-order valence-corrected chi connectivity index (χ1v) is 13.4. The Labute approximate surface area is 202 Å². The van der Waals surface area contributed by atoms with Crippen LogP contribution in [0.4, 0.5) is 5.69 Å². The molecular formula is C24H34ClN3O2S2. The maximum atomic E-state index is 10.3. The number of hydrogen-bond donors (Lipinski definition) is 1. The molecular weight excluding hydrogens is 462 g/mol. The van der Waals surface area contributed by atoms with Crippen LogP contribution in [0.25, 0.3) is 5.70 Å². The number of halogens is 1. The van der Waals surface area contributed by atoms with Crippen molar-refractivity contribution in [3.63, 3.8) is 0 Å². The summed E-state index contributed by atoms with van der Waals surface area (Å²) in [5.41, 5.74) is 3.15. The number of nitrogens with zero attached hydrogens (tertiary/aromatic N) is 2. The molecule has 0 unspecified atom stereocenters. The molecule has 0 radical (unpaired) electrons. The summed E-state index contributed by atoms with van der Waals surface area (Å²) in [6, 6.07) is 11.7. The maximum absolute atomic E-state index is 10.3. The summed E-state index contributed by atoms with van der Waals surface area (Å²) in [6.07, 6.45) is 5.61. The smallest absolute Gasteiger partial charge is 0.188 e. The van der Waals surface area contributed by atoms with Crippen LogP contribution in [-0.2, 0) is 9.84 Å². The predicted octanol–water partition coefficient (Wildman–Crippen LogP) is 7.67. The monoisotopic (exact) mass is 495 g/mol. The first-order chi connectivity index (χ1) is 15.1. The van der Waals surface area contributed by atoms with Gasteiger partial charge < -0.3 is 0 Å². The standard InChI is InChI=1S/C14H13ClN2S.C6H12.C4H9NO2S/c1-3-12(14-9-6-10-18-14)17(16-2)13-8-5-4-7-11(13)15;1-4-6(3)5-2;1-3-4(5)8(2,6)7/h3-10H,2H2,1H3;3-5H2,1-2H3;5H,3H2,1-2H3/b12-3-;;. The van der Waals surface area contributed by atoms with Gasteiger partial charge in [-0.3, -0.25) is 5.41 Å². The summed E-state index contributed by atoms with van der Waals surface area (Å²) in [6.45, 7) is 15.3. The molecule has 0 aliphatic heterocycles. The molecule has 176 valence electrons. The third-order valence-corrected chi connectivity index (χ3v) is 6.66. The van der Waals surface area contributed by atoms with Crippen LogP contribution in [0.2, 0.25) is 5.02 Å². The molecule has 0 atom stereocenters. The van der Waals surface area contributed by atoms with E-state index in [1.54, 1.807) is 23.3 Å². The van der Waals surface area contributed by atoms with Crippen LogP contribution < -0.4 is 5.01 Å². The van der Waals surface area contributed by atoms with Crippen molar-refractivity contribution in [1.82, 2.24) is 0 Å². The summed E-state index contributed by atoms with van der Waals surface area (Å²) in [4.78, 5) is 1.13. The van der Waals surface area contributed by atoms with Crippen molar-refractivity contribution in [1.29, 1.82) is 5.41 Å². The molecule has 1 aromatic carbocycles. The fourth-order valence-corrected chi connectivity index (χ4v) is 3.74. The molecule has 0 saturated heterocycles. The van der Waals surface area contributed by atoms with Crippen LogP contribution in [-0.4, -0.2) is 26.4 Å². The molecule has 5 nitrogen and oxygen atoms in total. The molecule has 0 spiro atoms. The van der Waals surface area contributed by atoms with Gasteiger partial charge >= 0.3 is 0 Å². The molecule has 0 fully saturated rings.